The quantitative estimate of drug-likeness (QED) is 0.183. The van der Waals surface area contributed by atoms with Crippen LogP contribution in [0.3, 0.4) is 0 Å². The Kier molecular flexibility index (Phi) is 9.93. The second-order valence-electron chi connectivity index (χ2n) is 18.8. The molecule has 6 rings (SSSR count). The highest BCUT2D eigenvalue weighted by Crippen LogP contribution is 2.73. The summed E-state index contributed by atoms with van der Waals surface area (Å²) < 4.78 is 6.15. The summed E-state index contributed by atoms with van der Waals surface area (Å²) in [5, 5.41) is 13.7. The number of fused-ring (bicyclic) bond motifs is 7. The Hall–Kier alpha value is -2.32. The molecule has 0 saturated heterocycles. The molecular formula is C41H60ClN3O5. The SMILES string of the molecule is CC(C)C1=C2C3CCC4C(C)(CCC5C(C)(C)C(OC(=O)CC(C)(C)C(=O)O)CCC54C)C3CCC2(CCNCc2ncc(Cl)cn2)CC1=O. The third-order valence-electron chi connectivity index (χ3n) is 14.9. The van der Waals surface area contributed by atoms with E-state index in [4.69, 9.17) is 16.3 Å². The zero-order chi connectivity index (χ0) is 36.4. The molecule has 5 aliphatic rings. The van der Waals surface area contributed by atoms with Gasteiger partial charge in [0.05, 0.1) is 23.4 Å². The lowest BCUT2D eigenvalue weighted by Gasteiger charge is -2.69. The average Bonchev–Trinajstić information content (AvgIpc) is 3.33. The summed E-state index contributed by atoms with van der Waals surface area (Å²) in [6.45, 7) is 18.7. The predicted octanol–water partition coefficient (Wildman–Crippen LogP) is 8.61. The topological polar surface area (TPSA) is 118 Å². The van der Waals surface area contributed by atoms with E-state index in [0.29, 0.717) is 47.4 Å². The van der Waals surface area contributed by atoms with Crippen molar-refractivity contribution in [3.8, 4) is 0 Å². The molecule has 1 aromatic rings. The molecule has 0 amide bonds. The Balaban J connectivity index is 1.20. The van der Waals surface area contributed by atoms with Crippen LogP contribution in [0.1, 0.15) is 132 Å². The van der Waals surface area contributed by atoms with Gasteiger partial charge in [-0.05, 0) is 124 Å². The second-order valence-corrected chi connectivity index (χ2v) is 19.2. The van der Waals surface area contributed by atoms with E-state index in [1.807, 2.05) is 0 Å². The molecule has 1 heterocycles. The van der Waals surface area contributed by atoms with Gasteiger partial charge < -0.3 is 15.2 Å². The van der Waals surface area contributed by atoms with E-state index in [0.717, 1.165) is 62.9 Å². The molecule has 0 aliphatic heterocycles. The first-order valence-corrected chi connectivity index (χ1v) is 19.6. The van der Waals surface area contributed by atoms with Crippen LogP contribution in [-0.2, 0) is 25.7 Å². The van der Waals surface area contributed by atoms with Gasteiger partial charge in [-0.15, -0.1) is 0 Å². The van der Waals surface area contributed by atoms with E-state index in [1.165, 1.54) is 18.4 Å². The maximum atomic E-state index is 13.9. The molecule has 8 atom stereocenters. The van der Waals surface area contributed by atoms with Gasteiger partial charge in [-0.3, -0.25) is 14.4 Å². The lowest BCUT2D eigenvalue weighted by atomic mass is 9.36. The van der Waals surface area contributed by atoms with Crippen molar-refractivity contribution in [1.82, 2.24) is 15.3 Å². The number of rotatable bonds is 10. The Morgan fingerprint density at radius 1 is 1.00 bits per heavy atom. The van der Waals surface area contributed by atoms with Gasteiger partial charge in [0.15, 0.2) is 5.78 Å². The Morgan fingerprint density at radius 2 is 1.68 bits per heavy atom. The number of Topliss-reactive ketones (excluding diaryl/α,β-unsaturated/α-hetero) is 1. The monoisotopic (exact) mass is 709 g/mol. The fraction of sp³-hybridized carbons (Fsp3) is 0.780. The van der Waals surface area contributed by atoms with Crippen LogP contribution >= 0.6 is 11.6 Å². The van der Waals surface area contributed by atoms with E-state index in [9.17, 15) is 19.5 Å². The van der Waals surface area contributed by atoms with Crippen LogP contribution in [0.2, 0.25) is 5.02 Å². The summed E-state index contributed by atoms with van der Waals surface area (Å²) in [6.07, 6.45) is 13.2. The summed E-state index contributed by atoms with van der Waals surface area (Å²) in [7, 11) is 0. The van der Waals surface area contributed by atoms with Gasteiger partial charge in [-0.1, -0.05) is 58.7 Å². The number of allylic oxidation sites excluding steroid dienone is 2. The third kappa shape index (κ3) is 6.26. The Bertz CT molecular complexity index is 1540. The number of carbonyl (C=O) groups excluding carboxylic acids is 2. The van der Waals surface area contributed by atoms with Crippen molar-refractivity contribution in [3.63, 3.8) is 0 Å². The molecule has 5 aliphatic carbocycles. The minimum Gasteiger partial charge on any atom is -0.481 e. The fourth-order valence-electron chi connectivity index (χ4n) is 12.5. The van der Waals surface area contributed by atoms with Crippen LogP contribution in [0, 0.1) is 56.7 Å². The number of carbonyl (C=O) groups is 3. The van der Waals surface area contributed by atoms with Gasteiger partial charge in [-0.2, -0.15) is 0 Å². The smallest absolute Gasteiger partial charge is 0.309 e. The minimum absolute atomic E-state index is 0.0604. The lowest BCUT2D eigenvalue weighted by molar-refractivity contribution is -0.213. The first-order chi connectivity index (χ1) is 23.4. The number of hydrogen-bond donors (Lipinski definition) is 2. The first-order valence-electron chi connectivity index (χ1n) is 19.2. The molecular weight excluding hydrogens is 650 g/mol. The van der Waals surface area contributed by atoms with Gasteiger partial charge in [0.25, 0.3) is 0 Å². The molecule has 50 heavy (non-hydrogen) atoms. The fourth-order valence-corrected chi connectivity index (χ4v) is 12.6. The number of ketones is 1. The van der Waals surface area contributed by atoms with Gasteiger partial charge in [-0.25, -0.2) is 9.97 Å². The zero-order valence-electron chi connectivity index (χ0n) is 31.7. The number of hydrogen-bond acceptors (Lipinski definition) is 7. The van der Waals surface area contributed by atoms with E-state index in [2.05, 4.69) is 56.8 Å². The molecule has 2 N–H and O–H groups in total. The standard InChI is InChI=1S/C41H60ClN3O5/c1-24(2)34-28(46)19-41(17-18-43-23-32-44-21-25(42)22-45-32)16-11-27-26(35(34)41)9-10-30-39(27,7)14-12-29-38(5,6)31(13-15-40(29,30)8)50-33(47)20-37(3,4)36(48)49/h21-22,24,26-27,29-31,43H,9-20,23H2,1-8H3,(H,48,49). The number of carboxylic acid groups (broad SMARTS) is 1. The summed E-state index contributed by atoms with van der Waals surface area (Å²) in [5.74, 6) is 1.96. The van der Waals surface area contributed by atoms with Gasteiger partial charge >= 0.3 is 11.9 Å². The van der Waals surface area contributed by atoms with Crippen LogP contribution in [0.4, 0.5) is 0 Å². The number of nitrogens with zero attached hydrogens (tertiary/aromatic N) is 2. The molecule has 0 bridgehead atoms. The van der Waals surface area contributed by atoms with Crippen LogP contribution < -0.4 is 5.32 Å². The summed E-state index contributed by atoms with van der Waals surface area (Å²) in [5.41, 5.74) is 1.57. The van der Waals surface area contributed by atoms with E-state index >= 15 is 0 Å². The molecule has 0 spiro atoms. The second kappa shape index (κ2) is 13.3. The van der Waals surface area contributed by atoms with E-state index in [1.54, 1.807) is 26.2 Å². The van der Waals surface area contributed by atoms with E-state index in [-0.39, 0.29) is 40.1 Å². The predicted molar refractivity (Wildman–Crippen MR) is 194 cm³/mol. The molecule has 8 nitrogen and oxygen atoms in total. The number of aliphatic carboxylic acids is 1. The van der Waals surface area contributed by atoms with E-state index < -0.39 is 17.4 Å². The number of esters is 1. The number of carboxylic acids is 1. The Morgan fingerprint density at radius 3 is 2.34 bits per heavy atom. The number of ether oxygens (including phenoxy) is 1. The number of halogens is 1. The maximum absolute atomic E-state index is 13.9. The lowest BCUT2D eigenvalue weighted by Crippen LogP contribution is -2.63. The van der Waals surface area contributed by atoms with Crippen LogP contribution in [0.5, 0.6) is 0 Å². The van der Waals surface area contributed by atoms with Crippen molar-refractivity contribution in [2.24, 2.45) is 56.7 Å². The molecule has 4 saturated carbocycles. The summed E-state index contributed by atoms with van der Waals surface area (Å²) >= 11 is 5.98. The largest absolute Gasteiger partial charge is 0.481 e. The molecule has 1 aromatic heterocycles. The highest BCUT2D eigenvalue weighted by molar-refractivity contribution is 6.30. The maximum Gasteiger partial charge on any atom is 0.309 e. The highest BCUT2D eigenvalue weighted by atomic mass is 35.5. The first kappa shape index (κ1) is 37.4. The van der Waals surface area contributed by atoms with Gasteiger partial charge in [0.1, 0.15) is 11.9 Å². The van der Waals surface area contributed by atoms with Crippen molar-refractivity contribution < 1.29 is 24.2 Å². The highest BCUT2D eigenvalue weighted by Gasteiger charge is 2.66. The molecule has 9 heteroatoms. The summed E-state index contributed by atoms with van der Waals surface area (Å²) in [6, 6.07) is 0. The third-order valence-corrected chi connectivity index (χ3v) is 15.0. The van der Waals surface area contributed by atoms with Crippen molar-refractivity contribution in [2.75, 3.05) is 6.54 Å². The number of aromatic nitrogens is 2. The van der Waals surface area contributed by atoms with Crippen LogP contribution in [0.25, 0.3) is 0 Å². The number of nitrogens with one attached hydrogen (secondary N) is 1. The molecule has 0 radical (unpaired) electrons. The van der Waals surface area contributed by atoms with Crippen LogP contribution in [-0.4, -0.2) is 45.4 Å². The van der Waals surface area contributed by atoms with Crippen molar-refractivity contribution in [2.45, 2.75) is 139 Å². The Labute approximate surface area is 304 Å². The molecule has 276 valence electrons. The molecule has 8 unspecified atom stereocenters. The van der Waals surface area contributed by atoms with Gasteiger partial charge in [0, 0.05) is 29.6 Å². The average molecular weight is 710 g/mol. The minimum atomic E-state index is -1.15. The van der Waals surface area contributed by atoms with Crippen molar-refractivity contribution in [1.29, 1.82) is 0 Å². The van der Waals surface area contributed by atoms with Crippen molar-refractivity contribution in [3.05, 3.63) is 34.4 Å². The summed E-state index contributed by atoms with van der Waals surface area (Å²) in [4.78, 5) is 47.3. The molecule has 0 aromatic carbocycles. The van der Waals surface area contributed by atoms with Crippen molar-refractivity contribution >= 4 is 29.3 Å². The van der Waals surface area contributed by atoms with Crippen LogP contribution in [0.15, 0.2) is 23.5 Å². The normalized spacial score (nSPS) is 36.4. The molecule has 4 fully saturated rings. The van der Waals surface area contributed by atoms with Gasteiger partial charge in [0.2, 0.25) is 0 Å². The zero-order valence-corrected chi connectivity index (χ0v) is 32.4.